The zero-order valence-corrected chi connectivity index (χ0v) is 24.8. The van der Waals surface area contributed by atoms with Crippen molar-refractivity contribution >= 4 is 11.5 Å². The second kappa shape index (κ2) is 14.0. The number of hydrogen-bond donors (Lipinski definition) is 2. The third-order valence-corrected chi connectivity index (χ3v) is 7.23. The highest BCUT2D eigenvalue weighted by Gasteiger charge is 2.24. The summed E-state index contributed by atoms with van der Waals surface area (Å²) >= 11 is 0. The first kappa shape index (κ1) is 29.8. The Bertz CT molecular complexity index is 1570. The fourth-order valence-electron chi connectivity index (χ4n) is 4.80. The summed E-state index contributed by atoms with van der Waals surface area (Å²) in [6.07, 6.45) is 2.50. The molecule has 2 heterocycles. The van der Waals surface area contributed by atoms with Gasteiger partial charge in [-0.1, -0.05) is 61.9 Å². The molecule has 0 aliphatic carbocycles. The van der Waals surface area contributed by atoms with Crippen molar-refractivity contribution in [2.45, 2.75) is 45.5 Å². The SMILES string of the molecule is CCCCOc1nc(N(Cc2ccc(OC)cc2)Cc2ccc(OC)cc2)c2ncc(C(O)c3cccc(CN)c3)n2n1. The maximum absolute atomic E-state index is 11.5. The highest BCUT2D eigenvalue weighted by molar-refractivity contribution is 5.65. The molecule has 43 heavy (non-hydrogen) atoms. The molecule has 0 saturated carbocycles. The van der Waals surface area contributed by atoms with E-state index < -0.39 is 6.10 Å². The van der Waals surface area contributed by atoms with Gasteiger partial charge in [-0.15, -0.1) is 5.10 Å². The van der Waals surface area contributed by atoms with Gasteiger partial charge < -0.3 is 30.0 Å². The molecule has 5 aromatic rings. The molecule has 10 nitrogen and oxygen atoms in total. The van der Waals surface area contributed by atoms with Crippen LogP contribution in [0.3, 0.4) is 0 Å². The molecule has 2 aromatic heterocycles. The molecule has 0 fully saturated rings. The molecule has 0 aliphatic rings. The lowest BCUT2D eigenvalue weighted by atomic mass is 10.0. The number of nitrogens with zero attached hydrogens (tertiary/aromatic N) is 5. The van der Waals surface area contributed by atoms with Gasteiger partial charge in [-0.25, -0.2) is 9.50 Å². The number of ether oxygens (including phenoxy) is 3. The Kier molecular flexibility index (Phi) is 9.70. The normalized spacial score (nSPS) is 11.8. The maximum atomic E-state index is 11.5. The first-order valence-electron chi connectivity index (χ1n) is 14.4. The number of aromatic nitrogens is 4. The van der Waals surface area contributed by atoms with E-state index in [1.54, 1.807) is 24.9 Å². The Labute approximate surface area is 251 Å². The summed E-state index contributed by atoms with van der Waals surface area (Å²) in [6.45, 7) is 4.01. The van der Waals surface area contributed by atoms with Gasteiger partial charge in [-0.05, 0) is 52.9 Å². The summed E-state index contributed by atoms with van der Waals surface area (Å²) in [4.78, 5) is 11.7. The van der Waals surface area contributed by atoms with E-state index in [-0.39, 0.29) is 6.01 Å². The van der Waals surface area contributed by atoms with Crippen LogP contribution in [0, 0.1) is 0 Å². The van der Waals surface area contributed by atoms with Gasteiger partial charge in [0.1, 0.15) is 17.6 Å². The van der Waals surface area contributed by atoms with Gasteiger partial charge >= 0.3 is 6.01 Å². The van der Waals surface area contributed by atoms with Crippen molar-refractivity contribution in [2.75, 3.05) is 25.7 Å². The Morgan fingerprint density at radius 3 is 2.14 bits per heavy atom. The van der Waals surface area contributed by atoms with Crippen molar-refractivity contribution < 1.29 is 19.3 Å². The lowest BCUT2D eigenvalue weighted by Crippen LogP contribution is -2.25. The molecular formula is C33H38N6O4. The fourth-order valence-corrected chi connectivity index (χ4v) is 4.80. The molecule has 10 heteroatoms. The fraction of sp³-hybridized carbons (Fsp3) is 0.303. The van der Waals surface area contributed by atoms with Crippen LogP contribution in [0.1, 0.15) is 53.8 Å². The summed E-state index contributed by atoms with van der Waals surface area (Å²) in [6, 6.07) is 23.7. The first-order valence-corrected chi connectivity index (χ1v) is 14.4. The number of rotatable bonds is 14. The maximum Gasteiger partial charge on any atom is 0.336 e. The van der Waals surface area contributed by atoms with Crippen LogP contribution in [0.4, 0.5) is 5.82 Å². The van der Waals surface area contributed by atoms with E-state index in [1.165, 1.54) is 0 Å². The number of aliphatic hydroxyl groups excluding tert-OH is 1. The highest BCUT2D eigenvalue weighted by Crippen LogP contribution is 2.30. The molecule has 0 bridgehead atoms. The number of nitrogens with two attached hydrogens (primary N) is 1. The van der Waals surface area contributed by atoms with Crippen molar-refractivity contribution in [1.82, 2.24) is 19.6 Å². The predicted molar refractivity (Wildman–Crippen MR) is 165 cm³/mol. The number of unbranched alkanes of at least 4 members (excludes halogenated alkanes) is 1. The number of fused-ring (bicyclic) bond motifs is 1. The van der Waals surface area contributed by atoms with E-state index in [1.807, 2.05) is 72.8 Å². The zero-order chi connectivity index (χ0) is 30.2. The van der Waals surface area contributed by atoms with E-state index in [9.17, 15) is 5.11 Å². The van der Waals surface area contributed by atoms with Crippen molar-refractivity contribution in [2.24, 2.45) is 5.73 Å². The van der Waals surface area contributed by atoms with Gasteiger partial charge in [0, 0.05) is 19.6 Å². The van der Waals surface area contributed by atoms with Crippen LogP contribution < -0.4 is 24.8 Å². The van der Waals surface area contributed by atoms with E-state index >= 15 is 0 Å². The molecule has 1 atom stereocenters. The molecule has 0 spiro atoms. The minimum Gasteiger partial charge on any atom is -0.497 e. The Morgan fingerprint density at radius 1 is 0.907 bits per heavy atom. The molecule has 3 N–H and O–H groups in total. The number of anilines is 1. The third-order valence-electron chi connectivity index (χ3n) is 7.23. The van der Waals surface area contributed by atoms with Gasteiger partial charge in [0.15, 0.2) is 11.5 Å². The lowest BCUT2D eigenvalue weighted by Gasteiger charge is -2.25. The number of methoxy groups -OCH3 is 2. The molecule has 0 radical (unpaired) electrons. The monoisotopic (exact) mass is 582 g/mol. The standard InChI is InChI=1S/C33H38N6O4/c1-4-5-17-43-33-36-32(31-35-20-29(39(31)37-33)30(40)26-8-6-7-25(18-26)19-34)38(21-23-9-13-27(41-2)14-10-23)22-24-11-15-28(42-3)16-12-24/h6-16,18,20,30,40H,4-5,17,19,21-22,34H2,1-3H3. The quantitative estimate of drug-likeness (QED) is 0.173. The van der Waals surface area contributed by atoms with E-state index in [0.717, 1.165) is 41.0 Å². The number of imidazole rings is 1. The summed E-state index contributed by atoms with van der Waals surface area (Å²) in [5, 5.41) is 16.1. The van der Waals surface area contributed by atoms with Crippen LogP contribution in [-0.2, 0) is 19.6 Å². The molecule has 1 unspecified atom stereocenters. The minimum absolute atomic E-state index is 0.215. The Hall–Kier alpha value is -4.67. The van der Waals surface area contributed by atoms with Gasteiger partial charge in [-0.3, -0.25) is 0 Å². The van der Waals surface area contributed by atoms with Gasteiger partial charge in [-0.2, -0.15) is 4.98 Å². The van der Waals surface area contributed by atoms with Gasteiger partial charge in [0.05, 0.1) is 32.7 Å². The highest BCUT2D eigenvalue weighted by atomic mass is 16.5. The first-order chi connectivity index (χ1) is 21.0. The second-order valence-corrected chi connectivity index (χ2v) is 10.2. The lowest BCUT2D eigenvalue weighted by molar-refractivity contribution is 0.211. The van der Waals surface area contributed by atoms with Crippen LogP contribution in [0.5, 0.6) is 17.5 Å². The molecule has 0 aliphatic heterocycles. The average Bonchev–Trinajstić information content (AvgIpc) is 3.48. The van der Waals surface area contributed by atoms with Gasteiger partial charge in [0.25, 0.3) is 0 Å². The average molecular weight is 583 g/mol. The van der Waals surface area contributed by atoms with Crippen LogP contribution >= 0.6 is 0 Å². The summed E-state index contributed by atoms with van der Waals surface area (Å²) in [5.74, 6) is 2.15. The number of aliphatic hydroxyl groups is 1. The topological polar surface area (TPSA) is 120 Å². The largest absolute Gasteiger partial charge is 0.497 e. The van der Waals surface area contributed by atoms with Crippen molar-refractivity contribution in [3.63, 3.8) is 0 Å². The van der Waals surface area contributed by atoms with Crippen LogP contribution in [0.25, 0.3) is 5.65 Å². The summed E-state index contributed by atoms with van der Waals surface area (Å²) in [7, 11) is 3.30. The number of hydrogen-bond acceptors (Lipinski definition) is 9. The van der Waals surface area contributed by atoms with Crippen LogP contribution in [0.2, 0.25) is 0 Å². The van der Waals surface area contributed by atoms with E-state index in [0.29, 0.717) is 49.0 Å². The second-order valence-electron chi connectivity index (χ2n) is 10.2. The molecule has 0 saturated heterocycles. The van der Waals surface area contributed by atoms with E-state index in [4.69, 9.17) is 29.9 Å². The van der Waals surface area contributed by atoms with Gasteiger partial charge in [0.2, 0.25) is 0 Å². The minimum atomic E-state index is -0.982. The van der Waals surface area contributed by atoms with Crippen molar-refractivity contribution in [1.29, 1.82) is 0 Å². The van der Waals surface area contributed by atoms with Crippen LogP contribution in [0.15, 0.2) is 79.0 Å². The zero-order valence-electron chi connectivity index (χ0n) is 24.8. The molecule has 0 amide bonds. The molecule has 5 rings (SSSR count). The van der Waals surface area contributed by atoms with Crippen LogP contribution in [-0.4, -0.2) is 45.5 Å². The molecule has 3 aromatic carbocycles. The molecule has 224 valence electrons. The van der Waals surface area contributed by atoms with Crippen molar-refractivity contribution in [3.8, 4) is 17.5 Å². The third kappa shape index (κ3) is 7.04. The molecular weight excluding hydrogens is 544 g/mol. The smallest absolute Gasteiger partial charge is 0.336 e. The Morgan fingerprint density at radius 2 is 1.56 bits per heavy atom. The summed E-state index contributed by atoms with van der Waals surface area (Å²) in [5.41, 5.74) is 10.6. The summed E-state index contributed by atoms with van der Waals surface area (Å²) < 4.78 is 18.4. The van der Waals surface area contributed by atoms with Crippen molar-refractivity contribution in [3.05, 3.63) is 107 Å². The predicted octanol–water partition coefficient (Wildman–Crippen LogP) is 5.07. The van der Waals surface area contributed by atoms with E-state index in [2.05, 4.69) is 16.9 Å². The Balaban J connectivity index is 1.60. The number of benzene rings is 3.